The van der Waals surface area contributed by atoms with Crippen molar-refractivity contribution >= 4 is 28.8 Å². The summed E-state index contributed by atoms with van der Waals surface area (Å²) in [7, 11) is 0. The number of hydrogen-bond acceptors (Lipinski definition) is 4. The third-order valence-electron chi connectivity index (χ3n) is 5.07. The Hall–Kier alpha value is -4.25. The zero-order valence-electron chi connectivity index (χ0n) is 18.2. The second-order valence-corrected chi connectivity index (χ2v) is 8.66. The number of rotatable bonds is 7. The van der Waals surface area contributed by atoms with Gasteiger partial charge in [-0.05, 0) is 59.7 Å². The van der Waals surface area contributed by atoms with Crippen molar-refractivity contribution in [1.29, 1.82) is 5.26 Å². The van der Waals surface area contributed by atoms with Gasteiger partial charge in [-0.3, -0.25) is 0 Å². The van der Waals surface area contributed by atoms with Crippen LogP contribution in [-0.2, 0) is 17.9 Å². The summed E-state index contributed by atoms with van der Waals surface area (Å²) in [4.78, 5) is 13.0. The second kappa shape index (κ2) is 11.1. The van der Waals surface area contributed by atoms with Gasteiger partial charge in [-0.1, -0.05) is 54.6 Å². The Bertz CT molecular complexity index is 1290. The smallest absolute Gasteiger partial charge is 0.319 e. The highest BCUT2D eigenvalue weighted by molar-refractivity contribution is 7.93. The van der Waals surface area contributed by atoms with E-state index in [0.29, 0.717) is 17.8 Å². The van der Waals surface area contributed by atoms with Crippen molar-refractivity contribution in [1.82, 2.24) is 5.32 Å². The largest absolute Gasteiger partial charge is 0.334 e. The molecule has 0 heterocycles. The second-order valence-electron chi connectivity index (χ2n) is 7.44. The molecule has 0 aliphatic rings. The Morgan fingerprint density at radius 1 is 0.824 bits per heavy atom. The van der Waals surface area contributed by atoms with Crippen LogP contribution >= 0.6 is 0 Å². The number of carbonyl (C=O) groups excluding carboxylic acids is 1. The number of nitriles is 1. The first-order valence-electron chi connectivity index (χ1n) is 10.6. The molecule has 0 radical (unpaired) electrons. The van der Waals surface area contributed by atoms with Gasteiger partial charge in [-0.25, -0.2) is 4.79 Å². The van der Waals surface area contributed by atoms with E-state index in [0.717, 1.165) is 27.3 Å². The molecule has 0 aliphatic heterocycles. The van der Waals surface area contributed by atoms with Crippen molar-refractivity contribution < 1.29 is 9.35 Å². The molecule has 4 N–H and O–H groups in total. The maximum absolute atomic E-state index is 12.2. The number of anilines is 2. The van der Waals surface area contributed by atoms with Crippen molar-refractivity contribution in [3.05, 3.63) is 114 Å². The van der Waals surface area contributed by atoms with Crippen LogP contribution in [0.25, 0.3) is 11.1 Å². The van der Waals surface area contributed by atoms with E-state index in [4.69, 9.17) is 5.26 Å². The van der Waals surface area contributed by atoms with Gasteiger partial charge in [0.1, 0.15) is 0 Å². The highest BCUT2D eigenvalue weighted by Gasteiger charge is 2.25. The fraction of sp³-hybridized carbons (Fsp3) is 0.0370. The molecule has 6 nitrogen and oxygen atoms in total. The van der Waals surface area contributed by atoms with Crippen LogP contribution in [0.1, 0.15) is 11.1 Å². The van der Waals surface area contributed by atoms with Crippen molar-refractivity contribution in [2.24, 2.45) is 0 Å². The number of amides is 2. The quantitative estimate of drug-likeness (QED) is 0.250. The van der Waals surface area contributed by atoms with Crippen LogP contribution in [0.15, 0.2) is 108 Å². The molecule has 168 valence electrons. The highest BCUT2D eigenvalue weighted by Crippen LogP contribution is 2.28. The van der Waals surface area contributed by atoms with Crippen molar-refractivity contribution in [2.45, 2.75) is 11.4 Å². The van der Waals surface area contributed by atoms with Gasteiger partial charge in [0, 0.05) is 17.8 Å². The first-order valence-corrected chi connectivity index (χ1v) is 11.8. The molecular weight excluding hydrogens is 444 g/mol. The summed E-state index contributed by atoms with van der Waals surface area (Å²) in [6, 6.07) is 33.6. The van der Waals surface area contributed by atoms with Gasteiger partial charge in [-0.2, -0.15) is 14.5 Å². The Labute approximate surface area is 201 Å². The summed E-state index contributed by atoms with van der Waals surface area (Å²) in [5.74, 6) is 0. The van der Waals surface area contributed by atoms with Crippen LogP contribution in [0.3, 0.4) is 0 Å². The van der Waals surface area contributed by atoms with E-state index in [-0.39, 0.29) is 6.03 Å². The fourth-order valence-corrected chi connectivity index (χ4v) is 4.41. The van der Waals surface area contributed by atoms with E-state index in [9.17, 15) is 9.35 Å². The minimum Gasteiger partial charge on any atom is -0.334 e. The number of hydrogen-bond donors (Lipinski definition) is 4. The lowest BCUT2D eigenvalue weighted by atomic mass is 10.1. The molecule has 0 fully saturated rings. The van der Waals surface area contributed by atoms with E-state index in [1.54, 1.807) is 48.5 Å². The number of nitrogens with one attached hydrogen (secondary N) is 3. The number of benzene rings is 4. The first kappa shape index (κ1) is 22.9. The summed E-state index contributed by atoms with van der Waals surface area (Å²) in [6.07, 6.45) is 0. The maximum Gasteiger partial charge on any atom is 0.319 e. The number of nitrogens with zero attached hydrogens (tertiary/aromatic N) is 1. The van der Waals surface area contributed by atoms with E-state index in [1.165, 1.54) is 0 Å². The van der Waals surface area contributed by atoms with Gasteiger partial charge >= 0.3 is 17.4 Å². The number of carbonyl (C=O) groups is 1. The van der Waals surface area contributed by atoms with Gasteiger partial charge in [-0.15, -0.1) is 0 Å². The molecule has 4 aromatic carbocycles. The zero-order valence-corrected chi connectivity index (χ0v) is 19.0. The molecule has 0 aromatic heterocycles. The van der Waals surface area contributed by atoms with Gasteiger partial charge in [0.05, 0.1) is 17.3 Å². The third kappa shape index (κ3) is 5.95. The van der Waals surface area contributed by atoms with Crippen LogP contribution in [0, 0.1) is 11.3 Å². The maximum atomic E-state index is 12.2. The predicted octanol–water partition coefficient (Wildman–Crippen LogP) is 6.02. The Balaban J connectivity index is 1.34. The van der Waals surface area contributed by atoms with Gasteiger partial charge < -0.3 is 10.6 Å². The minimum absolute atomic E-state index is 0.330. The molecular formula is C27H23N4O2S+. The summed E-state index contributed by atoms with van der Waals surface area (Å²) in [5.41, 5.74) is 4.86. The van der Waals surface area contributed by atoms with Crippen molar-refractivity contribution in [2.75, 3.05) is 10.0 Å². The van der Waals surface area contributed by atoms with Gasteiger partial charge in [0.2, 0.25) is 4.90 Å². The van der Waals surface area contributed by atoms with E-state index in [1.807, 2.05) is 54.6 Å². The lowest BCUT2D eigenvalue weighted by Gasteiger charge is -2.10. The Morgan fingerprint density at radius 3 is 2.18 bits per heavy atom. The normalized spacial score (nSPS) is 11.2. The molecule has 0 saturated carbocycles. The molecule has 4 rings (SSSR count). The van der Waals surface area contributed by atoms with Crippen LogP contribution in [-0.4, -0.2) is 10.6 Å². The summed E-state index contributed by atoms with van der Waals surface area (Å²) in [6.45, 7) is 0.352. The summed E-state index contributed by atoms with van der Waals surface area (Å²) >= 11 is -1.21. The molecule has 1 unspecified atom stereocenters. The summed E-state index contributed by atoms with van der Waals surface area (Å²) in [5, 5.41) is 14.4. The first-order chi connectivity index (χ1) is 16.6. The van der Waals surface area contributed by atoms with Crippen molar-refractivity contribution in [3.63, 3.8) is 0 Å². The van der Waals surface area contributed by atoms with E-state index >= 15 is 0 Å². The third-order valence-corrected chi connectivity index (χ3v) is 6.28. The molecule has 7 heteroatoms. The van der Waals surface area contributed by atoms with Crippen LogP contribution in [0.2, 0.25) is 0 Å². The lowest BCUT2D eigenvalue weighted by molar-refractivity contribution is 0.251. The Kier molecular flexibility index (Phi) is 7.45. The average molecular weight is 468 g/mol. The molecule has 4 aromatic rings. The molecule has 0 bridgehead atoms. The standard InChI is InChI=1S/C27H22N4O2S/c28-18-20-10-12-21(13-11-20)19-29-27(32)30-23-14-16-24(17-15-23)31-34(33)26-9-5-4-8-25(26)22-6-2-1-3-7-22/h1-17,31,33H,19H2,(H-,29,30,32)/p+1. The molecule has 34 heavy (non-hydrogen) atoms. The number of urea groups is 1. The van der Waals surface area contributed by atoms with Crippen LogP contribution in [0.4, 0.5) is 16.2 Å². The molecule has 0 spiro atoms. The zero-order chi connectivity index (χ0) is 23.8. The minimum atomic E-state index is -1.21. The lowest BCUT2D eigenvalue weighted by Crippen LogP contribution is -2.28. The molecule has 2 amide bonds. The highest BCUT2D eigenvalue weighted by atomic mass is 32.2. The van der Waals surface area contributed by atoms with Crippen LogP contribution < -0.4 is 15.4 Å². The van der Waals surface area contributed by atoms with Gasteiger partial charge in [0.25, 0.3) is 0 Å². The van der Waals surface area contributed by atoms with E-state index in [2.05, 4.69) is 21.4 Å². The fourth-order valence-electron chi connectivity index (χ4n) is 3.33. The average Bonchev–Trinajstić information content (AvgIpc) is 2.89. The SMILES string of the molecule is N#Cc1ccc(CNC(=O)Nc2ccc(N[S+](O)c3ccccc3-c3ccccc3)cc2)cc1. The van der Waals surface area contributed by atoms with Crippen LogP contribution in [0.5, 0.6) is 0 Å². The monoisotopic (exact) mass is 467 g/mol. The predicted molar refractivity (Wildman–Crippen MR) is 137 cm³/mol. The van der Waals surface area contributed by atoms with E-state index < -0.39 is 11.4 Å². The molecule has 1 atom stereocenters. The Morgan fingerprint density at radius 2 is 1.47 bits per heavy atom. The molecule has 0 aliphatic carbocycles. The topological polar surface area (TPSA) is 97.2 Å². The van der Waals surface area contributed by atoms with Crippen molar-refractivity contribution in [3.8, 4) is 17.2 Å². The summed E-state index contributed by atoms with van der Waals surface area (Å²) < 4.78 is 14.0. The van der Waals surface area contributed by atoms with Gasteiger partial charge in [0.15, 0.2) is 0 Å². The molecule has 0 saturated heterocycles.